The number of carbonyl (C=O) groups is 1. The minimum absolute atomic E-state index is 0.242. The summed E-state index contributed by atoms with van der Waals surface area (Å²) in [6.07, 6.45) is 0. The summed E-state index contributed by atoms with van der Waals surface area (Å²) in [5.74, 6) is -1.66. The fraction of sp³-hybridized carbons (Fsp3) is 0.118. The number of aromatic amines is 1. The van der Waals surface area contributed by atoms with E-state index in [-0.39, 0.29) is 11.5 Å². The molecular formula is C17H14F2N2O. The molecule has 1 atom stereocenters. The Morgan fingerprint density at radius 3 is 2.64 bits per heavy atom. The van der Waals surface area contributed by atoms with Gasteiger partial charge in [0.2, 0.25) is 0 Å². The van der Waals surface area contributed by atoms with Crippen LogP contribution in [-0.2, 0) is 0 Å². The molecule has 22 heavy (non-hydrogen) atoms. The number of aromatic nitrogens is 1. The number of carbonyl (C=O) groups excluding carboxylic acids is 1. The number of H-pyrrole nitrogens is 1. The molecule has 5 heteroatoms. The van der Waals surface area contributed by atoms with Crippen molar-refractivity contribution in [1.29, 1.82) is 0 Å². The lowest BCUT2D eigenvalue weighted by atomic mass is 10.1. The summed E-state index contributed by atoms with van der Waals surface area (Å²) in [5.41, 5.74) is 1.50. The van der Waals surface area contributed by atoms with Crippen LogP contribution >= 0.6 is 0 Å². The Labute approximate surface area is 126 Å². The number of halogens is 2. The standard InChI is InChI=1S/C17H14F2N2O/c1-10(13-7-6-12(18)9-14(13)19)20-17(22)16-8-11-4-2-3-5-15(11)21-16/h2-10,21H,1H3,(H,20,22)/t10-/m0/s1. The first-order valence-corrected chi connectivity index (χ1v) is 6.88. The molecule has 1 heterocycles. The summed E-state index contributed by atoms with van der Waals surface area (Å²) >= 11 is 0. The lowest BCUT2D eigenvalue weighted by Crippen LogP contribution is -2.27. The summed E-state index contributed by atoms with van der Waals surface area (Å²) in [6, 6.07) is 12.0. The van der Waals surface area contributed by atoms with Crippen LogP contribution in [0.3, 0.4) is 0 Å². The predicted molar refractivity (Wildman–Crippen MR) is 80.5 cm³/mol. The number of amides is 1. The molecule has 0 aliphatic heterocycles. The molecule has 0 saturated carbocycles. The zero-order chi connectivity index (χ0) is 15.7. The van der Waals surface area contributed by atoms with E-state index < -0.39 is 17.7 Å². The van der Waals surface area contributed by atoms with E-state index in [1.165, 1.54) is 12.1 Å². The highest BCUT2D eigenvalue weighted by Gasteiger charge is 2.16. The smallest absolute Gasteiger partial charge is 0.268 e. The van der Waals surface area contributed by atoms with E-state index in [9.17, 15) is 13.6 Å². The topological polar surface area (TPSA) is 44.9 Å². The lowest BCUT2D eigenvalue weighted by molar-refractivity contribution is 0.0935. The van der Waals surface area contributed by atoms with Gasteiger partial charge < -0.3 is 10.3 Å². The molecule has 0 unspecified atom stereocenters. The average Bonchev–Trinajstić information content (AvgIpc) is 2.91. The molecule has 0 aliphatic rings. The molecule has 0 saturated heterocycles. The second-order valence-electron chi connectivity index (χ2n) is 5.13. The van der Waals surface area contributed by atoms with E-state index in [1.807, 2.05) is 24.3 Å². The van der Waals surface area contributed by atoms with E-state index in [4.69, 9.17) is 0 Å². The Kier molecular flexibility index (Phi) is 3.63. The summed E-state index contributed by atoms with van der Waals surface area (Å²) in [4.78, 5) is 15.2. The maximum atomic E-state index is 13.7. The van der Waals surface area contributed by atoms with Gasteiger partial charge >= 0.3 is 0 Å². The SMILES string of the molecule is C[C@H](NC(=O)c1cc2ccccc2[nH]1)c1ccc(F)cc1F. The van der Waals surface area contributed by atoms with Gasteiger partial charge in [-0.25, -0.2) is 8.78 Å². The maximum Gasteiger partial charge on any atom is 0.268 e. The van der Waals surface area contributed by atoms with Gasteiger partial charge in [0.1, 0.15) is 17.3 Å². The number of rotatable bonds is 3. The van der Waals surface area contributed by atoms with Crippen LogP contribution in [0.2, 0.25) is 0 Å². The molecule has 1 amide bonds. The van der Waals surface area contributed by atoms with Gasteiger partial charge in [0, 0.05) is 22.5 Å². The van der Waals surface area contributed by atoms with Crippen LogP contribution in [0.5, 0.6) is 0 Å². The Bertz CT molecular complexity index is 809. The molecule has 3 nitrogen and oxygen atoms in total. The van der Waals surface area contributed by atoms with Gasteiger partial charge in [-0.2, -0.15) is 0 Å². The highest BCUT2D eigenvalue weighted by atomic mass is 19.1. The third-order valence-corrected chi connectivity index (χ3v) is 3.55. The van der Waals surface area contributed by atoms with Gasteiger partial charge in [-0.05, 0) is 25.1 Å². The van der Waals surface area contributed by atoms with E-state index in [0.29, 0.717) is 5.69 Å². The van der Waals surface area contributed by atoms with Gasteiger partial charge in [-0.15, -0.1) is 0 Å². The van der Waals surface area contributed by atoms with Gasteiger partial charge in [-0.3, -0.25) is 4.79 Å². The van der Waals surface area contributed by atoms with E-state index in [0.717, 1.165) is 17.0 Å². The van der Waals surface area contributed by atoms with Crippen molar-refractivity contribution in [3.63, 3.8) is 0 Å². The van der Waals surface area contributed by atoms with Gasteiger partial charge in [0.25, 0.3) is 5.91 Å². The summed E-state index contributed by atoms with van der Waals surface area (Å²) < 4.78 is 26.6. The fourth-order valence-electron chi connectivity index (χ4n) is 2.40. The first kappa shape index (κ1) is 14.3. The third kappa shape index (κ3) is 2.70. The van der Waals surface area contributed by atoms with E-state index in [2.05, 4.69) is 10.3 Å². The molecule has 0 spiro atoms. The molecule has 0 aliphatic carbocycles. The van der Waals surface area contributed by atoms with Crippen molar-refractivity contribution in [1.82, 2.24) is 10.3 Å². The first-order valence-electron chi connectivity index (χ1n) is 6.88. The van der Waals surface area contributed by atoms with Crippen LogP contribution in [0.15, 0.2) is 48.5 Å². The van der Waals surface area contributed by atoms with E-state index in [1.54, 1.807) is 13.0 Å². The minimum Gasteiger partial charge on any atom is -0.351 e. The second-order valence-corrected chi connectivity index (χ2v) is 5.13. The van der Waals surface area contributed by atoms with Crippen molar-refractivity contribution >= 4 is 16.8 Å². The quantitative estimate of drug-likeness (QED) is 0.756. The molecule has 0 radical (unpaired) electrons. The molecule has 2 aromatic carbocycles. The highest BCUT2D eigenvalue weighted by molar-refractivity contribution is 5.98. The molecule has 1 aromatic heterocycles. The fourth-order valence-corrected chi connectivity index (χ4v) is 2.40. The first-order chi connectivity index (χ1) is 10.5. The predicted octanol–water partition coefficient (Wildman–Crippen LogP) is 3.94. The maximum absolute atomic E-state index is 13.7. The zero-order valence-corrected chi connectivity index (χ0v) is 11.9. The number of fused-ring (bicyclic) bond motifs is 1. The van der Waals surface area contributed by atoms with Crippen molar-refractivity contribution in [2.24, 2.45) is 0 Å². The molecule has 112 valence electrons. The number of nitrogens with one attached hydrogen (secondary N) is 2. The van der Waals surface area contributed by atoms with Crippen LogP contribution in [0.25, 0.3) is 10.9 Å². The van der Waals surface area contributed by atoms with Crippen LogP contribution in [0.4, 0.5) is 8.78 Å². The molecule has 0 bridgehead atoms. The van der Waals surface area contributed by atoms with Crippen molar-refractivity contribution in [2.45, 2.75) is 13.0 Å². The van der Waals surface area contributed by atoms with Crippen molar-refractivity contribution in [3.05, 3.63) is 71.4 Å². The van der Waals surface area contributed by atoms with Crippen LogP contribution in [0, 0.1) is 11.6 Å². The Morgan fingerprint density at radius 2 is 1.91 bits per heavy atom. The van der Waals surface area contributed by atoms with Gasteiger partial charge in [-0.1, -0.05) is 24.3 Å². The molecule has 3 rings (SSSR count). The Morgan fingerprint density at radius 1 is 1.14 bits per heavy atom. The number of benzene rings is 2. The molecule has 2 N–H and O–H groups in total. The molecular weight excluding hydrogens is 286 g/mol. The van der Waals surface area contributed by atoms with Crippen molar-refractivity contribution in [3.8, 4) is 0 Å². The largest absolute Gasteiger partial charge is 0.351 e. The monoisotopic (exact) mass is 300 g/mol. The third-order valence-electron chi connectivity index (χ3n) is 3.55. The molecule has 0 fully saturated rings. The normalized spacial score (nSPS) is 12.3. The van der Waals surface area contributed by atoms with Gasteiger partial charge in [0.15, 0.2) is 0 Å². The summed E-state index contributed by atoms with van der Waals surface area (Å²) in [6.45, 7) is 1.65. The second kappa shape index (κ2) is 5.60. The van der Waals surface area contributed by atoms with Crippen LogP contribution < -0.4 is 5.32 Å². The van der Waals surface area contributed by atoms with Crippen LogP contribution in [0.1, 0.15) is 29.0 Å². The summed E-state index contributed by atoms with van der Waals surface area (Å²) in [7, 11) is 0. The minimum atomic E-state index is -0.676. The van der Waals surface area contributed by atoms with Crippen molar-refractivity contribution < 1.29 is 13.6 Å². The van der Waals surface area contributed by atoms with E-state index >= 15 is 0 Å². The Hall–Kier alpha value is -2.69. The lowest BCUT2D eigenvalue weighted by Gasteiger charge is -2.14. The van der Waals surface area contributed by atoms with Crippen molar-refractivity contribution in [2.75, 3.05) is 0 Å². The number of hydrogen-bond donors (Lipinski definition) is 2. The number of para-hydroxylation sites is 1. The average molecular weight is 300 g/mol. The number of hydrogen-bond acceptors (Lipinski definition) is 1. The Balaban J connectivity index is 1.81. The van der Waals surface area contributed by atoms with Gasteiger partial charge in [0.05, 0.1) is 6.04 Å². The zero-order valence-electron chi connectivity index (χ0n) is 11.9. The van der Waals surface area contributed by atoms with Crippen LogP contribution in [-0.4, -0.2) is 10.9 Å². The molecule has 3 aromatic rings. The highest BCUT2D eigenvalue weighted by Crippen LogP contribution is 2.19. The summed E-state index contributed by atoms with van der Waals surface area (Å²) in [5, 5.41) is 3.63.